The van der Waals surface area contributed by atoms with Gasteiger partial charge < -0.3 is 9.47 Å². The Morgan fingerprint density at radius 3 is 2.43 bits per heavy atom. The molecule has 2 aromatic rings. The van der Waals surface area contributed by atoms with Crippen LogP contribution >= 0.6 is 0 Å². The monoisotopic (exact) mass is 310 g/mol. The van der Waals surface area contributed by atoms with Gasteiger partial charge in [-0.3, -0.25) is 0 Å². The Morgan fingerprint density at radius 2 is 1.70 bits per heavy atom. The van der Waals surface area contributed by atoms with Gasteiger partial charge >= 0.3 is 0 Å². The lowest BCUT2D eigenvalue weighted by atomic mass is 9.83. The molecule has 1 unspecified atom stereocenters. The maximum Gasteiger partial charge on any atom is 0.134 e. The molecule has 1 atom stereocenters. The van der Waals surface area contributed by atoms with Crippen LogP contribution in [0.5, 0.6) is 17.2 Å². The van der Waals surface area contributed by atoms with E-state index in [1.807, 2.05) is 12.1 Å². The van der Waals surface area contributed by atoms with E-state index in [4.69, 9.17) is 9.47 Å². The van der Waals surface area contributed by atoms with Gasteiger partial charge in [-0.05, 0) is 31.0 Å². The van der Waals surface area contributed by atoms with Crippen molar-refractivity contribution in [1.82, 2.24) is 0 Å². The molecule has 0 radical (unpaired) electrons. The SMILES string of the molecule is CCCCCCC1c2ccc(C)cc2Oc2cc(OC)ccc21. The smallest absolute Gasteiger partial charge is 0.134 e. The lowest BCUT2D eigenvalue weighted by molar-refractivity contribution is 0.401. The molecule has 0 aliphatic carbocycles. The minimum atomic E-state index is 0.428. The van der Waals surface area contributed by atoms with Gasteiger partial charge in [0.25, 0.3) is 0 Å². The molecular formula is C21H26O2. The Morgan fingerprint density at radius 1 is 0.957 bits per heavy atom. The molecular weight excluding hydrogens is 284 g/mol. The summed E-state index contributed by atoms with van der Waals surface area (Å²) in [6.07, 6.45) is 6.34. The van der Waals surface area contributed by atoms with Gasteiger partial charge in [0.1, 0.15) is 17.2 Å². The number of methoxy groups -OCH3 is 1. The number of aryl methyl sites for hydroxylation is 1. The molecule has 0 saturated heterocycles. The molecule has 122 valence electrons. The maximum atomic E-state index is 6.18. The van der Waals surface area contributed by atoms with Crippen molar-refractivity contribution in [2.75, 3.05) is 7.11 Å². The Labute approximate surface area is 139 Å². The van der Waals surface area contributed by atoms with E-state index in [1.165, 1.54) is 48.8 Å². The van der Waals surface area contributed by atoms with E-state index in [-0.39, 0.29) is 0 Å². The Kier molecular flexibility index (Phi) is 4.90. The number of hydrogen-bond donors (Lipinski definition) is 0. The normalized spacial score (nSPS) is 15.5. The second-order valence-electron chi connectivity index (χ2n) is 6.45. The van der Waals surface area contributed by atoms with Crippen molar-refractivity contribution in [2.24, 2.45) is 0 Å². The summed E-state index contributed by atoms with van der Waals surface area (Å²) in [6, 6.07) is 12.8. The average Bonchev–Trinajstić information content (AvgIpc) is 2.57. The highest BCUT2D eigenvalue weighted by Gasteiger charge is 2.27. The van der Waals surface area contributed by atoms with E-state index >= 15 is 0 Å². The van der Waals surface area contributed by atoms with Crippen LogP contribution in [0.2, 0.25) is 0 Å². The molecule has 1 aliphatic rings. The van der Waals surface area contributed by atoms with Gasteiger partial charge in [-0.2, -0.15) is 0 Å². The average molecular weight is 310 g/mol. The summed E-state index contributed by atoms with van der Waals surface area (Å²) in [5, 5.41) is 0. The summed E-state index contributed by atoms with van der Waals surface area (Å²) in [4.78, 5) is 0. The van der Waals surface area contributed by atoms with Crippen LogP contribution in [0.3, 0.4) is 0 Å². The van der Waals surface area contributed by atoms with Crippen molar-refractivity contribution in [3.63, 3.8) is 0 Å². The number of ether oxygens (including phenoxy) is 2. The third-order valence-electron chi connectivity index (χ3n) is 4.71. The molecule has 2 aromatic carbocycles. The summed E-state index contributed by atoms with van der Waals surface area (Å²) in [5.74, 6) is 3.23. The first-order valence-corrected chi connectivity index (χ1v) is 8.69. The minimum absolute atomic E-state index is 0.428. The quantitative estimate of drug-likeness (QED) is 0.590. The van der Waals surface area contributed by atoms with Gasteiger partial charge in [0.15, 0.2) is 0 Å². The summed E-state index contributed by atoms with van der Waals surface area (Å²) in [7, 11) is 1.70. The second kappa shape index (κ2) is 7.08. The lowest BCUT2D eigenvalue weighted by Gasteiger charge is -2.29. The number of rotatable bonds is 6. The second-order valence-corrected chi connectivity index (χ2v) is 6.45. The standard InChI is InChI=1S/C21H26O2/c1-4-5-6-7-8-17-18-11-9-15(2)13-20(18)23-21-14-16(22-3)10-12-19(17)21/h9-14,17H,4-8H2,1-3H3. The summed E-state index contributed by atoms with van der Waals surface area (Å²) >= 11 is 0. The predicted octanol–water partition coefficient (Wildman–Crippen LogP) is 6.21. The van der Waals surface area contributed by atoms with E-state index in [1.54, 1.807) is 7.11 Å². The van der Waals surface area contributed by atoms with Crippen molar-refractivity contribution in [3.05, 3.63) is 53.1 Å². The zero-order chi connectivity index (χ0) is 16.2. The number of hydrogen-bond acceptors (Lipinski definition) is 2. The van der Waals surface area contributed by atoms with Gasteiger partial charge in [0.05, 0.1) is 7.11 Å². The summed E-state index contributed by atoms with van der Waals surface area (Å²) < 4.78 is 11.5. The zero-order valence-corrected chi connectivity index (χ0v) is 14.4. The third kappa shape index (κ3) is 3.36. The minimum Gasteiger partial charge on any atom is -0.497 e. The maximum absolute atomic E-state index is 6.18. The van der Waals surface area contributed by atoms with Gasteiger partial charge in [-0.15, -0.1) is 0 Å². The van der Waals surface area contributed by atoms with Crippen LogP contribution in [0.1, 0.15) is 61.6 Å². The molecule has 3 rings (SSSR count). The van der Waals surface area contributed by atoms with Crippen LogP contribution in [0, 0.1) is 6.92 Å². The number of unbranched alkanes of at least 4 members (excludes halogenated alkanes) is 3. The topological polar surface area (TPSA) is 18.5 Å². The van der Waals surface area contributed by atoms with Gasteiger partial charge in [0.2, 0.25) is 0 Å². The lowest BCUT2D eigenvalue weighted by Crippen LogP contribution is -2.11. The van der Waals surface area contributed by atoms with Gasteiger partial charge in [-0.1, -0.05) is 50.8 Å². The van der Waals surface area contributed by atoms with E-state index in [9.17, 15) is 0 Å². The Balaban J connectivity index is 1.93. The molecule has 0 spiro atoms. The highest BCUT2D eigenvalue weighted by molar-refractivity contribution is 5.56. The Hall–Kier alpha value is -1.96. The summed E-state index contributed by atoms with van der Waals surface area (Å²) in [6.45, 7) is 4.37. The van der Waals surface area contributed by atoms with Crippen molar-refractivity contribution < 1.29 is 9.47 Å². The fraction of sp³-hybridized carbons (Fsp3) is 0.429. The van der Waals surface area contributed by atoms with Crippen molar-refractivity contribution in [2.45, 2.75) is 51.9 Å². The van der Waals surface area contributed by atoms with E-state index in [2.05, 4.69) is 38.1 Å². The third-order valence-corrected chi connectivity index (χ3v) is 4.71. The molecule has 2 heteroatoms. The highest BCUT2D eigenvalue weighted by Crippen LogP contribution is 2.47. The largest absolute Gasteiger partial charge is 0.497 e. The molecule has 0 aromatic heterocycles. The van der Waals surface area contributed by atoms with Gasteiger partial charge in [0, 0.05) is 23.1 Å². The molecule has 0 saturated carbocycles. The molecule has 23 heavy (non-hydrogen) atoms. The van der Waals surface area contributed by atoms with Crippen molar-refractivity contribution >= 4 is 0 Å². The molecule has 0 amide bonds. The van der Waals surface area contributed by atoms with E-state index in [0.29, 0.717) is 5.92 Å². The Bertz CT molecular complexity index is 676. The zero-order valence-electron chi connectivity index (χ0n) is 14.4. The van der Waals surface area contributed by atoms with Crippen LogP contribution in [0.25, 0.3) is 0 Å². The molecule has 1 heterocycles. The van der Waals surface area contributed by atoms with Crippen LogP contribution in [-0.2, 0) is 0 Å². The molecule has 0 fully saturated rings. The van der Waals surface area contributed by atoms with Crippen LogP contribution < -0.4 is 9.47 Å². The van der Waals surface area contributed by atoms with E-state index < -0.39 is 0 Å². The molecule has 2 nitrogen and oxygen atoms in total. The molecule has 0 N–H and O–H groups in total. The fourth-order valence-electron chi connectivity index (χ4n) is 3.41. The predicted molar refractivity (Wildman–Crippen MR) is 94.8 cm³/mol. The number of fused-ring (bicyclic) bond motifs is 2. The first kappa shape index (κ1) is 15.9. The van der Waals surface area contributed by atoms with Crippen LogP contribution in [-0.4, -0.2) is 7.11 Å². The molecule has 0 bridgehead atoms. The van der Waals surface area contributed by atoms with Crippen LogP contribution in [0.15, 0.2) is 36.4 Å². The van der Waals surface area contributed by atoms with Gasteiger partial charge in [-0.25, -0.2) is 0 Å². The molecule has 1 aliphatic heterocycles. The first-order chi connectivity index (χ1) is 11.2. The summed E-state index contributed by atoms with van der Waals surface area (Å²) in [5.41, 5.74) is 3.85. The first-order valence-electron chi connectivity index (χ1n) is 8.69. The highest BCUT2D eigenvalue weighted by atomic mass is 16.5. The van der Waals surface area contributed by atoms with Crippen molar-refractivity contribution in [3.8, 4) is 17.2 Å². The fourth-order valence-corrected chi connectivity index (χ4v) is 3.41. The number of benzene rings is 2. The van der Waals surface area contributed by atoms with E-state index in [0.717, 1.165) is 17.2 Å². The van der Waals surface area contributed by atoms with Crippen LogP contribution in [0.4, 0.5) is 0 Å². The van der Waals surface area contributed by atoms with Crippen molar-refractivity contribution in [1.29, 1.82) is 0 Å².